The Morgan fingerprint density at radius 2 is 2.16 bits per heavy atom. The third-order valence-electron chi connectivity index (χ3n) is 4.65. The highest BCUT2D eigenvalue weighted by Crippen LogP contribution is 2.20. The highest BCUT2D eigenvalue weighted by Gasteiger charge is 2.18. The van der Waals surface area contributed by atoms with Crippen molar-refractivity contribution in [2.24, 2.45) is 5.92 Å². The first-order valence-corrected chi connectivity index (χ1v) is 8.81. The number of benzene rings is 1. The summed E-state index contributed by atoms with van der Waals surface area (Å²) < 4.78 is 5.78. The van der Waals surface area contributed by atoms with Gasteiger partial charge in [0.05, 0.1) is 6.61 Å². The Balaban J connectivity index is 1.40. The van der Waals surface area contributed by atoms with E-state index < -0.39 is 10.9 Å². The maximum atomic E-state index is 11.3. The topological polar surface area (TPSA) is 84.7 Å². The molecule has 2 aromatic carbocycles. The summed E-state index contributed by atoms with van der Waals surface area (Å²) >= 11 is 0. The second kappa shape index (κ2) is 7.70. The van der Waals surface area contributed by atoms with E-state index in [1.54, 1.807) is 0 Å². The summed E-state index contributed by atoms with van der Waals surface area (Å²) in [5.41, 5.74) is 5.89. The van der Waals surface area contributed by atoms with E-state index in [1.807, 2.05) is 12.1 Å². The molecule has 1 saturated heterocycles. The van der Waals surface area contributed by atoms with Gasteiger partial charge in [-0.3, -0.25) is 14.5 Å². The van der Waals surface area contributed by atoms with Crippen LogP contribution in [-0.4, -0.2) is 31.1 Å². The number of rotatable bonds is 8. The van der Waals surface area contributed by atoms with Crippen molar-refractivity contribution < 1.29 is 4.74 Å². The third kappa shape index (κ3) is 4.20. The maximum Gasteiger partial charge on any atom is 0.253 e. The summed E-state index contributed by atoms with van der Waals surface area (Å²) in [6.07, 6.45) is 1.99. The number of anilines is 2. The van der Waals surface area contributed by atoms with Crippen molar-refractivity contribution in [3.05, 3.63) is 50.3 Å². The molecule has 1 fully saturated rings. The van der Waals surface area contributed by atoms with Crippen LogP contribution in [0.4, 0.5) is 11.4 Å². The van der Waals surface area contributed by atoms with Gasteiger partial charge in [-0.1, -0.05) is 19.1 Å². The van der Waals surface area contributed by atoms with E-state index in [0.29, 0.717) is 19.6 Å². The van der Waals surface area contributed by atoms with E-state index in [0.717, 1.165) is 31.3 Å². The lowest BCUT2D eigenvalue weighted by atomic mass is 10.2. The first-order chi connectivity index (χ1) is 12.0. The van der Waals surface area contributed by atoms with Crippen LogP contribution in [0.2, 0.25) is 0 Å². The zero-order valence-electron chi connectivity index (χ0n) is 14.6. The third-order valence-corrected chi connectivity index (χ3v) is 4.65. The molecule has 1 aliphatic heterocycles. The molecule has 0 aromatic heterocycles. The van der Waals surface area contributed by atoms with Crippen molar-refractivity contribution in [2.45, 2.75) is 26.3 Å². The number of likely N-dealkylation sites (tertiary alicyclic amines) is 1. The molecule has 0 aliphatic carbocycles. The molecule has 0 spiro atoms. The second-order valence-corrected chi connectivity index (χ2v) is 6.85. The van der Waals surface area contributed by atoms with Gasteiger partial charge in [-0.05, 0) is 43.0 Å². The standard InChI is InChI=1S/C19H25N3O3/c1-13-6-8-22(11-13)12-14-4-2-5-15(10-14)25-9-3-7-21-17-16(20)18(23)19(17)24/h2,4-5,10,13,21H,3,6-9,11-12,20H2,1H3. The molecule has 1 aliphatic rings. The Kier molecular flexibility index (Phi) is 5.38. The van der Waals surface area contributed by atoms with Crippen LogP contribution in [0.5, 0.6) is 5.75 Å². The molecular formula is C19H25N3O3. The number of nitrogens with zero attached hydrogens (tertiary/aromatic N) is 1. The van der Waals surface area contributed by atoms with Gasteiger partial charge in [0.2, 0.25) is 0 Å². The average molecular weight is 343 g/mol. The van der Waals surface area contributed by atoms with Crippen LogP contribution in [0, 0.1) is 5.92 Å². The van der Waals surface area contributed by atoms with Crippen LogP contribution < -0.4 is 26.6 Å². The highest BCUT2D eigenvalue weighted by molar-refractivity contribution is 5.71. The van der Waals surface area contributed by atoms with Crippen molar-refractivity contribution >= 4 is 11.4 Å². The van der Waals surface area contributed by atoms with Crippen LogP contribution >= 0.6 is 0 Å². The first-order valence-electron chi connectivity index (χ1n) is 8.81. The van der Waals surface area contributed by atoms with Gasteiger partial charge in [-0.2, -0.15) is 0 Å². The summed E-state index contributed by atoms with van der Waals surface area (Å²) in [4.78, 5) is 24.8. The number of ether oxygens (including phenoxy) is 1. The van der Waals surface area contributed by atoms with Gasteiger partial charge in [-0.15, -0.1) is 0 Å². The summed E-state index contributed by atoms with van der Waals surface area (Å²) in [5.74, 6) is 1.65. The van der Waals surface area contributed by atoms with E-state index >= 15 is 0 Å². The molecule has 3 rings (SSSR count). The molecule has 0 radical (unpaired) electrons. The van der Waals surface area contributed by atoms with Crippen LogP contribution in [-0.2, 0) is 6.54 Å². The van der Waals surface area contributed by atoms with Gasteiger partial charge in [-0.25, -0.2) is 0 Å². The Morgan fingerprint density at radius 1 is 1.32 bits per heavy atom. The van der Waals surface area contributed by atoms with E-state index in [-0.39, 0.29) is 11.4 Å². The fourth-order valence-electron chi connectivity index (χ4n) is 3.22. The van der Waals surface area contributed by atoms with Crippen molar-refractivity contribution in [2.75, 3.05) is 37.3 Å². The molecule has 0 amide bonds. The molecule has 1 atom stereocenters. The average Bonchev–Trinajstić information content (AvgIpc) is 3.02. The van der Waals surface area contributed by atoms with Gasteiger partial charge >= 0.3 is 0 Å². The van der Waals surface area contributed by atoms with Crippen molar-refractivity contribution in [1.82, 2.24) is 4.90 Å². The van der Waals surface area contributed by atoms with Gasteiger partial charge in [0, 0.05) is 19.6 Å². The van der Waals surface area contributed by atoms with Crippen molar-refractivity contribution in [3.8, 4) is 5.75 Å². The van der Waals surface area contributed by atoms with Crippen molar-refractivity contribution in [3.63, 3.8) is 0 Å². The number of nitrogen functional groups attached to an aromatic ring is 1. The second-order valence-electron chi connectivity index (χ2n) is 6.85. The van der Waals surface area contributed by atoms with E-state index in [1.165, 1.54) is 12.0 Å². The van der Waals surface area contributed by atoms with Gasteiger partial charge in [0.15, 0.2) is 0 Å². The SMILES string of the molecule is CC1CCN(Cc2cccc(OCCCNc3c(N)c(=O)c3=O)c2)C1. The number of hydrogen-bond donors (Lipinski definition) is 2. The number of nitrogens with two attached hydrogens (primary N) is 1. The molecule has 0 saturated carbocycles. The predicted octanol–water partition coefficient (Wildman–Crippen LogP) is 1.59. The summed E-state index contributed by atoms with van der Waals surface area (Å²) in [5, 5.41) is 2.90. The minimum absolute atomic E-state index is 0.0369. The fraction of sp³-hybridized carbons (Fsp3) is 0.474. The Labute approximate surface area is 147 Å². The fourth-order valence-corrected chi connectivity index (χ4v) is 3.22. The molecule has 2 aromatic rings. The summed E-state index contributed by atoms with van der Waals surface area (Å²) in [7, 11) is 0. The molecule has 3 N–H and O–H groups in total. The number of nitrogens with one attached hydrogen (secondary N) is 1. The smallest absolute Gasteiger partial charge is 0.253 e. The number of hydrogen-bond acceptors (Lipinski definition) is 6. The molecule has 25 heavy (non-hydrogen) atoms. The monoisotopic (exact) mass is 343 g/mol. The minimum atomic E-state index is -0.594. The summed E-state index contributed by atoms with van der Waals surface area (Å²) in [6, 6.07) is 8.20. The minimum Gasteiger partial charge on any atom is -0.494 e. The van der Waals surface area contributed by atoms with Crippen LogP contribution in [0.1, 0.15) is 25.3 Å². The maximum absolute atomic E-state index is 11.3. The highest BCUT2D eigenvalue weighted by atomic mass is 16.5. The van der Waals surface area contributed by atoms with Gasteiger partial charge < -0.3 is 15.8 Å². The molecule has 6 heteroatoms. The lowest BCUT2D eigenvalue weighted by molar-refractivity contribution is 0.308. The zero-order valence-corrected chi connectivity index (χ0v) is 14.6. The largest absolute Gasteiger partial charge is 0.494 e. The van der Waals surface area contributed by atoms with E-state index in [2.05, 4.69) is 29.3 Å². The molecule has 6 nitrogen and oxygen atoms in total. The molecule has 0 bridgehead atoms. The van der Waals surface area contributed by atoms with Crippen LogP contribution in [0.3, 0.4) is 0 Å². The predicted molar refractivity (Wildman–Crippen MR) is 99.9 cm³/mol. The lowest BCUT2D eigenvalue weighted by Crippen LogP contribution is -2.37. The normalized spacial score (nSPS) is 17.9. The Morgan fingerprint density at radius 3 is 2.88 bits per heavy atom. The van der Waals surface area contributed by atoms with Crippen LogP contribution in [0.15, 0.2) is 33.9 Å². The molecule has 1 unspecified atom stereocenters. The summed E-state index contributed by atoms with van der Waals surface area (Å²) in [6.45, 7) is 6.67. The van der Waals surface area contributed by atoms with Gasteiger partial charge in [0.25, 0.3) is 10.9 Å². The van der Waals surface area contributed by atoms with E-state index in [9.17, 15) is 9.59 Å². The lowest BCUT2D eigenvalue weighted by Gasteiger charge is -2.16. The first kappa shape index (κ1) is 17.5. The Hall–Kier alpha value is -2.34. The zero-order chi connectivity index (χ0) is 17.8. The Bertz CT molecular complexity index is 795. The molecular weight excluding hydrogens is 318 g/mol. The van der Waals surface area contributed by atoms with Gasteiger partial charge in [0.1, 0.15) is 17.1 Å². The quantitative estimate of drug-likeness (QED) is 0.559. The molecule has 1 heterocycles. The van der Waals surface area contributed by atoms with Crippen molar-refractivity contribution in [1.29, 1.82) is 0 Å². The molecule has 134 valence electrons. The van der Waals surface area contributed by atoms with Crippen LogP contribution in [0.25, 0.3) is 0 Å². The van der Waals surface area contributed by atoms with E-state index in [4.69, 9.17) is 10.5 Å².